The standard InChI is InChI=1S/C12H18N2O2S/c1-8-6-13-7-9(2)14(8)12(15)11-10(16-3)4-5-17-11/h4-5,8-9,13H,6-7H2,1-3H3. The maximum absolute atomic E-state index is 12.5. The molecular formula is C12H18N2O2S. The SMILES string of the molecule is COc1ccsc1C(=O)N1C(C)CNCC1C. The zero-order valence-corrected chi connectivity index (χ0v) is 11.2. The molecule has 1 aliphatic rings. The molecule has 1 aromatic rings. The molecule has 1 aliphatic heterocycles. The van der Waals surface area contributed by atoms with Gasteiger partial charge < -0.3 is 15.0 Å². The molecule has 4 nitrogen and oxygen atoms in total. The van der Waals surface area contributed by atoms with Crippen molar-refractivity contribution >= 4 is 17.2 Å². The average Bonchev–Trinajstić information content (AvgIpc) is 2.76. The largest absolute Gasteiger partial charge is 0.495 e. The van der Waals surface area contributed by atoms with Gasteiger partial charge in [0, 0.05) is 25.2 Å². The molecule has 1 aromatic heterocycles. The fourth-order valence-electron chi connectivity index (χ4n) is 2.26. The van der Waals surface area contributed by atoms with Gasteiger partial charge in [-0.1, -0.05) is 0 Å². The quantitative estimate of drug-likeness (QED) is 0.871. The second kappa shape index (κ2) is 5.06. The second-order valence-electron chi connectivity index (χ2n) is 4.39. The third-order valence-corrected chi connectivity index (χ3v) is 3.99. The topological polar surface area (TPSA) is 41.6 Å². The first-order valence-electron chi connectivity index (χ1n) is 5.80. The van der Waals surface area contributed by atoms with Gasteiger partial charge in [-0.05, 0) is 25.3 Å². The van der Waals surface area contributed by atoms with Gasteiger partial charge in [0.1, 0.15) is 10.6 Å². The predicted molar refractivity (Wildman–Crippen MR) is 68.8 cm³/mol. The van der Waals surface area contributed by atoms with Crippen LogP contribution < -0.4 is 10.1 Å². The lowest BCUT2D eigenvalue weighted by Crippen LogP contribution is -2.57. The van der Waals surface area contributed by atoms with Crippen LogP contribution in [-0.2, 0) is 0 Å². The molecule has 0 aliphatic carbocycles. The number of hydrogen-bond donors (Lipinski definition) is 1. The maximum Gasteiger partial charge on any atom is 0.268 e. The number of amides is 1. The summed E-state index contributed by atoms with van der Waals surface area (Å²) in [6.45, 7) is 5.84. The van der Waals surface area contributed by atoms with E-state index >= 15 is 0 Å². The van der Waals surface area contributed by atoms with E-state index < -0.39 is 0 Å². The van der Waals surface area contributed by atoms with Crippen molar-refractivity contribution in [3.8, 4) is 5.75 Å². The van der Waals surface area contributed by atoms with Gasteiger partial charge in [0.15, 0.2) is 0 Å². The van der Waals surface area contributed by atoms with Crippen LogP contribution in [0.1, 0.15) is 23.5 Å². The number of ether oxygens (including phenoxy) is 1. The highest BCUT2D eigenvalue weighted by Gasteiger charge is 2.31. The van der Waals surface area contributed by atoms with Crippen molar-refractivity contribution in [2.24, 2.45) is 0 Å². The van der Waals surface area contributed by atoms with Crippen molar-refractivity contribution in [1.29, 1.82) is 0 Å². The molecule has 0 radical (unpaired) electrons. The Kier molecular flexibility index (Phi) is 3.69. The normalized spacial score (nSPS) is 24.8. The van der Waals surface area contributed by atoms with E-state index in [1.165, 1.54) is 11.3 Å². The summed E-state index contributed by atoms with van der Waals surface area (Å²) in [6.07, 6.45) is 0. The Morgan fingerprint density at radius 2 is 2.12 bits per heavy atom. The van der Waals surface area contributed by atoms with Gasteiger partial charge >= 0.3 is 0 Å². The summed E-state index contributed by atoms with van der Waals surface area (Å²) in [7, 11) is 1.60. The summed E-state index contributed by atoms with van der Waals surface area (Å²) in [6, 6.07) is 2.28. The summed E-state index contributed by atoms with van der Waals surface area (Å²) in [5.74, 6) is 0.760. The first-order valence-corrected chi connectivity index (χ1v) is 6.68. The van der Waals surface area contributed by atoms with E-state index in [0.717, 1.165) is 13.1 Å². The molecule has 2 unspecified atom stereocenters. The van der Waals surface area contributed by atoms with Crippen molar-refractivity contribution in [3.63, 3.8) is 0 Å². The number of methoxy groups -OCH3 is 1. The second-order valence-corrected chi connectivity index (χ2v) is 5.30. The highest BCUT2D eigenvalue weighted by Crippen LogP contribution is 2.27. The van der Waals surface area contributed by atoms with Crippen LogP contribution in [0, 0.1) is 0 Å². The number of carbonyl (C=O) groups excluding carboxylic acids is 1. The van der Waals surface area contributed by atoms with Crippen molar-refractivity contribution in [2.45, 2.75) is 25.9 Å². The first-order chi connectivity index (χ1) is 8.15. The molecule has 2 heterocycles. The van der Waals surface area contributed by atoms with Gasteiger partial charge in [-0.15, -0.1) is 11.3 Å². The fourth-order valence-corrected chi connectivity index (χ4v) is 3.07. The number of hydrogen-bond acceptors (Lipinski definition) is 4. The van der Waals surface area contributed by atoms with Crippen LogP contribution in [0.4, 0.5) is 0 Å². The number of rotatable bonds is 2. The van der Waals surface area contributed by atoms with Crippen molar-refractivity contribution in [2.75, 3.05) is 20.2 Å². The minimum atomic E-state index is 0.0818. The summed E-state index contributed by atoms with van der Waals surface area (Å²) in [4.78, 5) is 15.1. The zero-order valence-electron chi connectivity index (χ0n) is 10.4. The minimum absolute atomic E-state index is 0.0818. The van der Waals surface area contributed by atoms with E-state index in [9.17, 15) is 4.79 Å². The Balaban J connectivity index is 2.24. The van der Waals surface area contributed by atoms with Gasteiger partial charge in [-0.2, -0.15) is 0 Å². The zero-order chi connectivity index (χ0) is 12.4. The molecule has 2 atom stereocenters. The molecule has 2 rings (SSSR count). The number of nitrogens with zero attached hydrogens (tertiary/aromatic N) is 1. The van der Waals surface area contributed by atoms with Crippen LogP contribution in [-0.4, -0.2) is 43.1 Å². The third-order valence-electron chi connectivity index (χ3n) is 3.11. The summed E-state index contributed by atoms with van der Waals surface area (Å²) in [5, 5.41) is 5.21. The van der Waals surface area contributed by atoms with Gasteiger partial charge in [0.05, 0.1) is 7.11 Å². The van der Waals surface area contributed by atoms with E-state index in [1.54, 1.807) is 7.11 Å². The molecule has 5 heteroatoms. The molecule has 0 bridgehead atoms. The van der Waals surface area contributed by atoms with Crippen molar-refractivity contribution < 1.29 is 9.53 Å². The van der Waals surface area contributed by atoms with Crippen LogP contribution in [0.3, 0.4) is 0 Å². The number of thiophene rings is 1. The van der Waals surface area contributed by atoms with Crippen LogP contribution >= 0.6 is 11.3 Å². The van der Waals surface area contributed by atoms with E-state index in [2.05, 4.69) is 19.2 Å². The van der Waals surface area contributed by atoms with Gasteiger partial charge in [0.2, 0.25) is 0 Å². The van der Waals surface area contributed by atoms with Crippen molar-refractivity contribution in [3.05, 3.63) is 16.3 Å². The Hall–Kier alpha value is -1.07. The Bertz CT molecular complexity index is 395. The van der Waals surface area contributed by atoms with E-state index in [1.807, 2.05) is 16.3 Å². The number of piperazine rings is 1. The molecule has 1 fully saturated rings. The van der Waals surface area contributed by atoms with Gasteiger partial charge in [-0.3, -0.25) is 4.79 Å². The fraction of sp³-hybridized carbons (Fsp3) is 0.583. The molecular weight excluding hydrogens is 236 g/mol. The lowest BCUT2D eigenvalue weighted by molar-refractivity contribution is 0.0546. The lowest BCUT2D eigenvalue weighted by atomic mass is 10.1. The average molecular weight is 254 g/mol. The maximum atomic E-state index is 12.5. The third kappa shape index (κ3) is 2.30. The number of nitrogens with one attached hydrogen (secondary N) is 1. The highest BCUT2D eigenvalue weighted by atomic mass is 32.1. The van der Waals surface area contributed by atoms with Crippen LogP contribution in [0.15, 0.2) is 11.4 Å². The molecule has 17 heavy (non-hydrogen) atoms. The molecule has 1 saturated heterocycles. The predicted octanol–water partition coefficient (Wildman–Crippen LogP) is 1.58. The summed E-state index contributed by atoms with van der Waals surface area (Å²) < 4.78 is 5.22. The van der Waals surface area contributed by atoms with Crippen LogP contribution in [0.25, 0.3) is 0 Å². The number of carbonyl (C=O) groups is 1. The minimum Gasteiger partial charge on any atom is -0.495 e. The van der Waals surface area contributed by atoms with Crippen LogP contribution in [0.5, 0.6) is 5.75 Å². The lowest BCUT2D eigenvalue weighted by Gasteiger charge is -2.39. The monoisotopic (exact) mass is 254 g/mol. The molecule has 94 valence electrons. The van der Waals surface area contributed by atoms with Gasteiger partial charge in [0.25, 0.3) is 5.91 Å². The smallest absolute Gasteiger partial charge is 0.268 e. The molecule has 1 amide bonds. The van der Waals surface area contributed by atoms with E-state index in [0.29, 0.717) is 10.6 Å². The summed E-state index contributed by atoms with van der Waals surface area (Å²) in [5.41, 5.74) is 0. The van der Waals surface area contributed by atoms with Gasteiger partial charge in [-0.25, -0.2) is 0 Å². The van der Waals surface area contributed by atoms with E-state index in [-0.39, 0.29) is 18.0 Å². The Labute approximate surface area is 106 Å². The summed E-state index contributed by atoms with van der Waals surface area (Å²) >= 11 is 1.44. The Morgan fingerprint density at radius 3 is 2.71 bits per heavy atom. The highest BCUT2D eigenvalue weighted by molar-refractivity contribution is 7.12. The first kappa shape index (κ1) is 12.4. The van der Waals surface area contributed by atoms with Crippen molar-refractivity contribution in [1.82, 2.24) is 10.2 Å². The van der Waals surface area contributed by atoms with E-state index in [4.69, 9.17) is 4.74 Å². The molecule has 0 aromatic carbocycles. The molecule has 0 saturated carbocycles. The van der Waals surface area contributed by atoms with Crippen LogP contribution in [0.2, 0.25) is 0 Å². The molecule has 0 spiro atoms. The Morgan fingerprint density at radius 1 is 1.47 bits per heavy atom. The molecule has 1 N–H and O–H groups in total.